The van der Waals surface area contributed by atoms with Crippen LogP contribution in [0.2, 0.25) is 5.02 Å². The zero-order valence-corrected chi connectivity index (χ0v) is 14.8. The molecule has 0 radical (unpaired) electrons. The van der Waals surface area contributed by atoms with Gasteiger partial charge >= 0.3 is 0 Å². The second kappa shape index (κ2) is 7.29. The number of nitrogens with zero attached hydrogens (tertiary/aromatic N) is 1. The summed E-state index contributed by atoms with van der Waals surface area (Å²) in [7, 11) is -3.30. The van der Waals surface area contributed by atoms with E-state index in [-0.39, 0.29) is 18.3 Å². The van der Waals surface area contributed by atoms with Crippen LogP contribution >= 0.6 is 11.6 Å². The first-order valence-electron chi connectivity index (χ1n) is 7.61. The lowest BCUT2D eigenvalue weighted by Crippen LogP contribution is -2.43. The van der Waals surface area contributed by atoms with E-state index in [1.165, 1.54) is 11.0 Å². The van der Waals surface area contributed by atoms with E-state index in [0.717, 1.165) is 5.41 Å². The highest BCUT2D eigenvalue weighted by Gasteiger charge is 2.31. The Labute approximate surface area is 151 Å². The number of hydrogen-bond acceptors (Lipinski definition) is 4. The standard InChI is InChI=1S/C18H16ClNO4S/c19-14-6-8-15(9-7-14)20(16-10-11-25(22,23)13-16)18(21)12-24-17-4-2-1-3-5-17/h1-11,16H,12-13H2. The van der Waals surface area contributed by atoms with Crippen molar-refractivity contribution in [2.75, 3.05) is 17.3 Å². The van der Waals surface area contributed by atoms with E-state index in [4.69, 9.17) is 16.3 Å². The summed E-state index contributed by atoms with van der Waals surface area (Å²) in [5.41, 5.74) is 0.567. The quantitative estimate of drug-likeness (QED) is 0.803. The Balaban J connectivity index is 1.82. The number of anilines is 1. The molecule has 0 aliphatic carbocycles. The van der Waals surface area contributed by atoms with Crippen molar-refractivity contribution in [3.63, 3.8) is 0 Å². The van der Waals surface area contributed by atoms with Crippen molar-refractivity contribution >= 4 is 33.0 Å². The summed E-state index contributed by atoms with van der Waals surface area (Å²) in [4.78, 5) is 14.2. The third kappa shape index (κ3) is 4.41. The van der Waals surface area contributed by atoms with Gasteiger partial charge in [-0.15, -0.1) is 0 Å². The highest BCUT2D eigenvalue weighted by molar-refractivity contribution is 7.94. The molecule has 1 amide bonds. The number of ether oxygens (including phenoxy) is 1. The van der Waals surface area contributed by atoms with E-state index in [1.807, 2.05) is 18.2 Å². The largest absolute Gasteiger partial charge is 0.484 e. The van der Waals surface area contributed by atoms with Crippen molar-refractivity contribution in [2.24, 2.45) is 0 Å². The van der Waals surface area contributed by atoms with Gasteiger partial charge in [-0.2, -0.15) is 0 Å². The zero-order chi connectivity index (χ0) is 17.9. The topological polar surface area (TPSA) is 63.7 Å². The first-order valence-corrected chi connectivity index (χ1v) is 9.70. The average molecular weight is 378 g/mol. The van der Waals surface area contributed by atoms with Crippen molar-refractivity contribution in [2.45, 2.75) is 6.04 Å². The van der Waals surface area contributed by atoms with E-state index < -0.39 is 15.9 Å². The lowest BCUT2D eigenvalue weighted by Gasteiger charge is -2.27. The fourth-order valence-electron chi connectivity index (χ4n) is 2.57. The van der Waals surface area contributed by atoms with Crippen LogP contribution in [0.25, 0.3) is 0 Å². The lowest BCUT2D eigenvalue weighted by molar-refractivity contribution is -0.120. The summed E-state index contributed by atoms with van der Waals surface area (Å²) in [5.74, 6) is 0.0894. The Morgan fingerprint density at radius 2 is 1.80 bits per heavy atom. The van der Waals surface area contributed by atoms with Crippen LogP contribution in [0, 0.1) is 0 Å². The van der Waals surface area contributed by atoms with E-state index in [9.17, 15) is 13.2 Å². The first-order chi connectivity index (χ1) is 11.9. The molecule has 1 aliphatic rings. The number of para-hydroxylation sites is 1. The normalized spacial score (nSPS) is 18.0. The number of carbonyl (C=O) groups excluding carboxylic acids is 1. The first kappa shape index (κ1) is 17.5. The fraction of sp³-hybridized carbons (Fsp3) is 0.167. The van der Waals surface area contributed by atoms with Crippen molar-refractivity contribution in [3.8, 4) is 5.75 Å². The number of rotatable bonds is 5. The molecule has 0 fully saturated rings. The SMILES string of the molecule is O=C(COc1ccccc1)N(c1ccc(Cl)cc1)C1C=CS(=O)(=O)C1. The van der Waals surface area contributed by atoms with E-state index >= 15 is 0 Å². The molecule has 2 aromatic rings. The molecule has 130 valence electrons. The minimum absolute atomic E-state index is 0.146. The van der Waals surface area contributed by atoms with Crippen molar-refractivity contribution in [3.05, 3.63) is 71.1 Å². The maximum Gasteiger partial charge on any atom is 0.265 e. The zero-order valence-electron chi connectivity index (χ0n) is 13.2. The summed E-state index contributed by atoms with van der Waals surface area (Å²) < 4.78 is 29.0. The van der Waals surface area contributed by atoms with E-state index in [1.54, 1.807) is 36.4 Å². The van der Waals surface area contributed by atoms with Gasteiger partial charge in [0.05, 0.1) is 11.8 Å². The van der Waals surface area contributed by atoms with Gasteiger partial charge in [0.15, 0.2) is 16.4 Å². The summed E-state index contributed by atoms with van der Waals surface area (Å²) in [5, 5.41) is 1.68. The minimum Gasteiger partial charge on any atom is -0.484 e. The second-order valence-electron chi connectivity index (χ2n) is 5.57. The maximum absolute atomic E-state index is 12.7. The summed E-state index contributed by atoms with van der Waals surface area (Å²) in [6, 6.07) is 15.1. The monoisotopic (exact) mass is 377 g/mol. The molecule has 3 rings (SSSR count). The molecule has 1 heterocycles. The van der Waals surface area contributed by atoms with Gasteiger partial charge in [0, 0.05) is 16.1 Å². The van der Waals surface area contributed by atoms with Gasteiger partial charge in [-0.25, -0.2) is 8.42 Å². The van der Waals surface area contributed by atoms with Crippen LogP contribution in [0.5, 0.6) is 5.75 Å². The summed E-state index contributed by atoms with van der Waals surface area (Å²) in [6.07, 6.45) is 1.52. The predicted molar refractivity (Wildman–Crippen MR) is 97.6 cm³/mol. The van der Waals surface area contributed by atoms with Gasteiger partial charge in [0.2, 0.25) is 0 Å². The summed E-state index contributed by atoms with van der Waals surface area (Å²) in [6.45, 7) is -0.197. The molecule has 0 saturated heterocycles. The van der Waals surface area contributed by atoms with Gasteiger partial charge in [-0.1, -0.05) is 29.8 Å². The van der Waals surface area contributed by atoms with Crippen LogP contribution in [0.3, 0.4) is 0 Å². The number of benzene rings is 2. The predicted octanol–water partition coefficient (Wildman–Crippen LogP) is 3.06. The van der Waals surface area contributed by atoms with Crippen molar-refractivity contribution in [1.29, 1.82) is 0 Å². The molecule has 2 aromatic carbocycles. The Kier molecular flexibility index (Phi) is 5.11. The lowest BCUT2D eigenvalue weighted by atomic mass is 10.2. The van der Waals surface area contributed by atoms with Crippen LogP contribution < -0.4 is 9.64 Å². The fourth-order valence-corrected chi connectivity index (χ4v) is 3.97. The van der Waals surface area contributed by atoms with Gasteiger partial charge < -0.3 is 9.64 Å². The maximum atomic E-state index is 12.7. The molecule has 7 heteroatoms. The molecule has 5 nitrogen and oxygen atoms in total. The van der Waals surface area contributed by atoms with Crippen molar-refractivity contribution < 1.29 is 17.9 Å². The van der Waals surface area contributed by atoms with E-state index in [2.05, 4.69) is 0 Å². The Morgan fingerprint density at radius 1 is 1.12 bits per heavy atom. The van der Waals surface area contributed by atoms with Crippen LogP contribution in [-0.2, 0) is 14.6 Å². The third-order valence-electron chi connectivity index (χ3n) is 3.72. The molecule has 0 spiro atoms. The number of amides is 1. The molecule has 25 heavy (non-hydrogen) atoms. The van der Waals surface area contributed by atoms with E-state index in [0.29, 0.717) is 16.5 Å². The molecule has 1 aliphatic heterocycles. The van der Waals surface area contributed by atoms with Gasteiger partial charge in [0.1, 0.15) is 5.75 Å². The highest BCUT2D eigenvalue weighted by atomic mass is 35.5. The summed E-state index contributed by atoms with van der Waals surface area (Å²) >= 11 is 5.90. The molecule has 1 unspecified atom stereocenters. The molecule has 0 saturated carbocycles. The van der Waals surface area contributed by atoms with Crippen molar-refractivity contribution in [1.82, 2.24) is 0 Å². The number of halogens is 1. The van der Waals surface area contributed by atoms with Crippen LogP contribution in [0.4, 0.5) is 5.69 Å². The second-order valence-corrected chi connectivity index (χ2v) is 7.93. The smallest absolute Gasteiger partial charge is 0.265 e. The molecule has 0 bridgehead atoms. The minimum atomic E-state index is -3.30. The molecule has 0 aromatic heterocycles. The molecular weight excluding hydrogens is 362 g/mol. The Bertz CT molecular complexity index is 879. The number of carbonyl (C=O) groups is 1. The van der Waals surface area contributed by atoms with Crippen LogP contribution in [0.1, 0.15) is 0 Å². The molecular formula is C18H16ClNO4S. The van der Waals surface area contributed by atoms with Crippen LogP contribution in [-0.4, -0.2) is 32.7 Å². The Morgan fingerprint density at radius 3 is 2.40 bits per heavy atom. The van der Waals surface area contributed by atoms with Crippen LogP contribution in [0.15, 0.2) is 66.1 Å². The highest BCUT2D eigenvalue weighted by Crippen LogP contribution is 2.25. The van der Waals surface area contributed by atoms with Gasteiger partial charge in [0.25, 0.3) is 5.91 Å². The molecule has 0 N–H and O–H groups in total. The average Bonchev–Trinajstić information content (AvgIpc) is 2.95. The number of sulfone groups is 1. The Hall–Kier alpha value is -2.31. The number of hydrogen-bond donors (Lipinski definition) is 0. The van der Waals surface area contributed by atoms with Gasteiger partial charge in [-0.3, -0.25) is 4.79 Å². The molecule has 1 atom stereocenters. The van der Waals surface area contributed by atoms with Gasteiger partial charge in [-0.05, 0) is 42.5 Å². The third-order valence-corrected chi connectivity index (χ3v) is 5.35.